The van der Waals surface area contributed by atoms with Crippen molar-refractivity contribution in [2.24, 2.45) is 0 Å². The first-order valence-corrected chi connectivity index (χ1v) is 9.81. The summed E-state index contributed by atoms with van der Waals surface area (Å²) < 4.78 is 11.4. The summed E-state index contributed by atoms with van der Waals surface area (Å²) in [6, 6.07) is 9.68. The minimum atomic E-state index is -1.67. The molecular formula is C19H26ClNO2S. The van der Waals surface area contributed by atoms with Crippen LogP contribution in [-0.4, -0.2) is 10.1 Å². The number of nitrogens with one attached hydrogen (secondary N) is 1. The van der Waals surface area contributed by atoms with Gasteiger partial charge in [0.2, 0.25) is 5.91 Å². The van der Waals surface area contributed by atoms with Gasteiger partial charge in [0, 0.05) is 6.08 Å². The van der Waals surface area contributed by atoms with Crippen molar-refractivity contribution in [3.8, 4) is 0 Å². The number of halogens is 1. The molecule has 1 aromatic rings. The zero-order chi connectivity index (χ0) is 18.6. The number of rotatable bonds is 6. The normalized spacial score (nSPS) is 13.5. The summed E-state index contributed by atoms with van der Waals surface area (Å²) >= 11 is 0. The van der Waals surface area contributed by atoms with Crippen LogP contribution < -0.4 is 5.32 Å². The molecule has 132 valence electrons. The Morgan fingerprint density at radius 3 is 2.25 bits per heavy atom. The number of hydrogen-bond donors (Lipinski definition) is 1. The number of carbonyl (C=O) groups is 1. The second-order valence-electron chi connectivity index (χ2n) is 5.13. The standard InChI is InChI=1S/C17H20ClNO2S.C2H6/c1-4-5-11-15(22(18)21)12-13-16(20)19-17(2,3)14-9-7-6-8-10-14;1-2/h4-13H,1-3H3,(H,19,20);1-2H3/b5-4-,13-12+,15-11+;. The van der Waals surface area contributed by atoms with Gasteiger partial charge in [-0.2, -0.15) is 0 Å². The number of benzene rings is 1. The Kier molecular flexibility index (Phi) is 11.0. The predicted molar refractivity (Wildman–Crippen MR) is 105 cm³/mol. The number of hydrogen-bond acceptors (Lipinski definition) is 2. The minimum Gasteiger partial charge on any atom is -0.344 e. The molecule has 5 heteroatoms. The van der Waals surface area contributed by atoms with E-state index in [2.05, 4.69) is 5.32 Å². The van der Waals surface area contributed by atoms with Gasteiger partial charge in [-0.15, -0.1) is 0 Å². The van der Waals surface area contributed by atoms with Gasteiger partial charge in [0.15, 0.2) is 0 Å². The maximum atomic E-state index is 12.0. The topological polar surface area (TPSA) is 46.2 Å². The Balaban J connectivity index is 0.00000254. The molecule has 0 aromatic heterocycles. The van der Waals surface area contributed by atoms with Crippen LogP contribution >= 0.6 is 10.7 Å². The van der Waals surface area contributed by atoms with Crippen LogP contribution in [0, 0.1) is 0 Å². The van der Waals surface area contributed by atoms with Gasteiger partial charge >= 0.3 is 0 Å². The maximum Gasteiger partial charge on any atom is 0.244 e. The van der Waals surface area contributed by atoms with Crippen molar-refractivity contribution in [1.29, 1.82) is 0 Å². The first kappa shape index (κ1) is 22.4. The Bertz CT molecular complexity index is 620. The summed E-state index contributed by atoms with van der Waals surface area (Å²) in [7, 11) is 3.91. The molecule has 0 fully saturated rings. The average Bonchev–Trinajstić information content (AvgIpc) is 2.57. The van der Waals surface area contributed by atoms with E-state index in [9.17, 15) is 9.00 Å². The quantitative estimate of drug-likeness (QED) is 0.437. The Morgan fingerprint density at radius 2 is 1.75 bits per heavy atom. The fourth-order valence-electron chi connectivity index (χ4n) is 1.79. The molecule has 24 heavy (non-hydrogen) atoms. The van der Waals surface area contributed by atoms with Gasteiger partial charge in [0.25, 0.3) is 0 Å². The molecule has 0 heterocycles. The van der Waals surface area contributed by atoms with E-state index in [1.807, 2.05) is 65.0 Å². The number of carbonyl (C=O) groups excluding carboxylic acids is 1. The van der Waals surface area contributed by atoms with Crippen molar-refractivity contribution in [2.75, 3.05) is 0 Å². The highest BCUT2D eigenvalue weighted by Crippen LogP contribution is 2.19. The lowest BCUT2D eigenvalue weighted by molar-refractivity contribution is -0.118. The monoisotopic (exact) mass is 367 g/mol. The van der Waals surface area contributed by atoms with Crippen LogP contribution in [0.25, 0.3) is 0 Å². The van der Waals surface area contributed by atoms with E-state index in [1.165, 1.54) is 12.2 Å². The van der Waals surface area contributed by atoms with E-state index < -0.39 is 15.6 Å². The summed E-state index contributed by atoms with van der Waals surface area (Å²) in [5, 5.41) is 2.91. The highest BCUT2D eigenvalue weighted by Gasteiger charge is 2.21. The smallest absolute Gasteiger partial charge is 0.244 e. The van der Waals surface area contributed by atoms with Crippen molar-refractivity contribution in [3.05, 3.63) is 71.2 Å². The SMILES string of the molecule is CC.C\C=C/C=C(\C=C\C(=O)NC(C)(C)c1ccccc1)S(=O)Cl. The van der Waals surface area contributed by atoms with Gasteiger partial charge in [-0.25, -0.2) is 4.21 Å². The molecule has 1 aromatic carbocycles. The molecule has 3 nitrogen and oxygen atoms in total. The van der Waals surface area contributed by atoms with Crippen molar-refractivity contribution in [2.45, 2.75) is 40.2 Å². The molecule has 1 rings (SSSR count). The second-order valence-corrected chi connectivity index (χ2v) is 6.89. The third kappa shape index (κ3) is 8.27. The molecule has 0 saturated heterocycles. The molecular weight excluding hydrogens is 342 g/mol. The van der Waals surface area contributed by atoms with Crippen molar-refractivity contribution >= 4 is 26.6 Å². The first-order chi connectivity index (χ1) is 11.4. The summed E-state index contributed by atoms with van der Waals surface area (Å²) in [4.78, 5) is 12.4. The lowest BCUT2D eigenvalue weighted by atomic mass is 9.94. The van der Waals surface area contributed by atoms with E-state index in [-0.39, 0.29) is 5.91 Å². The lowest BCUT2D eigenvalue weighted by Crippen LogP contribution is -2.40. The summed E-state index contributed by atoms with van der Waals surface area (Å²) in [6.45, 7) is 9.68. The Morgan fingerprint density at radius 1 is 1.17 bits per heavy atom. The molecule has 0 aliphatic carbocycles. The molecule has 0 bridgehead atoms. The second kappa shape index (κ2) is 11.8. The lowest BCUT2D eigenvalue weighted by Gasteiger charge is -2.26. The molecule has 0 saturated carbocycles. The average molecular weight is 368 g/mol. The molecule has 0 spiro atoms. The van der Waals surface area contributed by atoms with Crippen molar-refractivity contribution in [1.82, 2.24) is 5.32 Å². The van der Waals surface area contributed by atoms with Crippen LogP contribution in [0.4, 0.5) is 0 Å². The molecule has 1 unspecified atom stereocenters. The third-order valence-electron chi connectivity index (χ3n) is 2.97. The minimum absolute atomic E-state index is 0.276. The molecule has 1 atom stereocenters. The highest BCUT2D eigenvalue weighted by molar-refractivity contribution is 8.11. The highest BCUT2D eigenvalue weighted by atomic mass is 35.7. The summed E-state index contributed by atoms with van der Waals surface area (Å²) in [6.07, 6.45) is 7.90. The molecule has 0 radical (unpaired) electrons. The van der Waals surface area contributed by atoms with Crippen molar-refractivity contribution < 1.29 is 9.00 Å². The van der Waals surface area contributed by atoms with Gasteiger partial charge in [-0.05, 0) is 49.2 Å². The largest absolute Gasteiger partial charge is 0.344 e. The maximum absolute atomic E-state index is 12.0. The van der Waals surface area contributed by atoms with Crippen LogP contribution in [0.15, 0.2) is 65.6 Å². The fraction of sp³-hybridized carbons (Fsp3) is 0.316. The molecule has 1 N–H and O–H groups in total. The number of allylic oxidation sites excluding steroid dienone is 4. The zero-order valence-electron chi connectivity index (χ0n) is 14.9. The van der Waals surface area contributed by atoms with Crippen LogP contribution in [0.1, 0.15) is 40.2 Å². The molecule has 0 aliphatic rings. The first-order valence-electron chi connectivity index (χ1n) is 7.83. The molecule has 1 amide bonds. The van der Waals surface area contributed by atoms with Crippen LogP contribution in [0.2, 0.25) is 0 Å². The van der Waals surface area contributed by atoms with Crippen LogP contribution in [-0.2, 0) is 20.3 Å². The van der Waals surface area contributed by atoms with Gasteiger partial charge in [0.05, 0.1) is 10.4 Å². The van der Waals surface area contributed by atoms with Gasteiger partial charge < -0.3 is 5.32 Å². The Labute approximate surface area is 152 Å². The number of amides is 1. The Hall–Kier alpha value is -1.65. The van der Waals surface area contributed by atoms with Crippen LogP contribution in [0.5, 0.6) is 0 Å². The van der Waals surface area contributed by atoms with E-state index in [4.69, 9.17) is 10.7 Å². The van der Waals surface area contributed by atoms with Crippen molar-refractivity contribution in [3.63, 3.8) is 0 Å². The van der Waals surface area contributed by atoms with Gasteiger partial charge in [0.1, 0.15) is 10.0 Å². The van der Waals surface area contributed by atoms with Gasteiger partial charge in [-0.1, -0.05) is 56.3 Å². The van der Waals surface area contributed by atoms with Gasteiger partial charge in [-0.3, -0.25) is 4.79 Å². The van der Waals surface area contributed by atoms with E-state index in [0.29, 0.717) is 4.91 Å². The van der Waals surface area contributed by atoms with Crippen LogP contribution in [0.3, 0.4) is 0 Å². The summed E-state index contributed by atoms with van der Waals surface area (Å²) in [5.41, 5.74) is 0.498. The molecule has 0 aliphatic heterocycles. The van der Waals surface area contributed by atoms with E-state index in [1.54, 1.807) is 18.2 Å². The summed E-state index contributed by atoms with van der Waals surface area (Å²) in [5.74, 6) is -0.276. The third-order valence-corrected chi connectivity index (χ3v) is 4.15. The fourth-order valence-corrected chi connectivity index (χ4v) is 2.46. The predicted octanol–water partition coefficient (Wildman–Crippen LogP) is 4.98. The van der Waals surface area contributed by atoms with E-state index >= 15 is 0 Å². The zero-order valence-corrected chi connectivity index (χ0v) is 16.4. The van der Waals surface area contributed by atoms with E-state index in [0.717, 1.165) is 5.56 Å².